The van der Waals surface area contributed by atoms with Crippen molar-refractivity contribution in [3.63, 3.8) is 0 Å². The molecule has 146 valence electrons. The second-order valence-electron chi connectivity index (χ2n) is 6.98. The summed E-state index contributed by atoms with van der Waals surface area (Å²) in [6.45, 7) is 7.60. The Kier molecular flexibility index (Phi) is 5.31. The topological polar surface area (TPSA) is 103 Å². The van der Waals surface area contributed by atoms with Crippen molar-refractivity contribution >= 4 is 17.5 Å². The van der Waals surface area contributed by atoms with Gasteiger partial charge in [-0.05, 0) is 34.2 Å². The molecule has 0 aromatic carbocycles. The summed E-state index contributed by atoms with van der Waals surface area (Å²) in [6, 6.07) is 1.28. The average molecular weight is 374 g/mol. The number of nitrogens with zero attached hydrogens (tertiary/aromatic N) is 4. The van der Waals surface area contributed by atoms with E-state index in [1.807, 2.05) is 32.7 Å². The second-order valence-corrected chi connectivity index (χ2v) is 6.98. The first-order valence-corrected chi connectivity index (χ1v) is 9.23. The highest BCUT2D eigenvalue weighted by molar-refractivity contribution is 5.94. The van der Waals surface area contributed by atoms with Crippen LogP contribution in [-0.2, 0) is 4.79 Å². The van der Waals surface area contributed by atoms with Crippen LogP contribution in [0.5, 0.6) is 0 Å². The molecule has 2 N–H and O–H groups in total. The van der Waals surface area contributed by atoms with E-state index in [2.05, 4.69) is 15.4 Å². The number of nitrogens with one attached hydrogen (secondary N) is 2. The number of H-pyrrole nitrogens is 1. The third-order valence-electron chi connectivity index (χ3n) is 5.11. The van der Waals surface area contributed by atoms with Crippen LogP contribution in [0.1, 0.15) is 36.3 Å². The molecule has 0 aliphatic carbocycles. The number of amides is 2. The number of fused-ring (bicyclic) bond motifs is 1. The minimum Gasteiger partial charge on any atom is -0.348 e. The molecule has 0 radical (unpaired) electrons. The average Bonchev–Trinajstić information content (AvgIpc) is 3.18. The monoisotopic (exact) mass is 374 g/mol. The van der Waals surface area contributed by atoms with Crippen LogP contribution in [0.4, 0.5) is 0 Å². The number of aryl methyl sites for hydroxylation is 1. The summed E-state index contributed by atoms with van der Waals surface area (Å²) in [7, 11) is 1.88. The first-order valence-electron chi connectivity index (χ1n) is 9.23. The van der Waals surface area contributed by atoms with E-state index < -0.39 is 11.5 Å². The van der Waals surface area contributed by atoms with Gasteiger partial charge in [-0.1, -0.05) is 0 Å². The molecule has 1 aliphatic rings. The molecule has 3 heterocycles. The zero-order valence-corrected chi connectivity index (χ0v) is 16.2. The molecule has 9 nitrogen and oxygen atoms in total. The number of hydrogen-bond acceptors (Lipinski definition) is 5. The van der Waals surface area contributed by atoms with Crippen LogP contribution in [0.3, 0.4) is 0 Å². The lowest BCUT2D eigenvalue weighted by molar-refractivity contribution is -0.135. The fraction of sp³-hybridized carbons (Fsp3) is 0.556. The van der Waals surface area contributed by atoms with Crippen molar-refractivity contribution in [1.29, 1.82) is 0 Å². The molecule has 9 heteroatoms. The lowest BCUT2D eigenvalue weighted by Crippen LogP contribution is -2.44. The Bertz CT molecular complexity index is 913. The molecule has 1 saturated heterocycles. The van der Waals surface area contributed by atoms with Gasteiger partial charge in [-0.3, -0.25) is 24.4 Å². The molecule has 0 unspecified atom stereocenters. The Morgan fingerprint density at radius 3 is 2.74 bits per heavy atom. The van der Waals surface area contributed by atoms with Crippen molar-refractivity contribution in [3.05, 3.63) is 33.9 Å². The molecule has 27 heavy (non-hydrogen) atoms. The number of carbonyl (C=O) groups excluding carboxylic acids is 2. The summed E-state index contributed by atoms with van der Waals surface area (Å²) >= 11 is 0. The zero-order chi connectivity index (χ0) is 19.7. The minimum atomic E-state index is -0.469. The van der Waals surface area contributed by atoms with E-state index in [4.69, 9.17) is 0 Å². The fourth-order valence-electron chi connectivity index (χ4n) is 3.64. The molecular formula is C18H26N6O3. The standard InChI is InChI=1S/C18H26N6O3/c1-5-23(6-2)18(27)14-8-12(10-22(14)4)20-16(25)13-9-19-15-7-11(3)21-24(15)17(13)26/h7,9,12,14,21H,5-6,8,10H2,1-4H3,(H,20,25)/t12-,14+/m1/s1. The summed E-state index contributed by atoms with van der Waals surface area (Å²) in [6.07, 6.45) is 1.83. The predicted molar refractivity (Wildman–Crippen MR) is 101 cm³/mol. The van der Waals surface area contributed by atoms with Crippen molar-refractivity contribution in [2.45, 2.75) is 39.3 Å². The number of likely N-dealkylation sites (tertiary alicyclic amines) is 1. The Labute approximate surface area is 157 Å². The third kappa shape index (κ3) is 3.59. The quantitative estimate of drug-likeness (QED) is 0.767. The van der Waals surface area contributed by atoms with Gasteiger partial charge in [0.2, 0.25) is 5.91 Å². The van der Waals surface area contributed by atoms with Gasteiger partial charge >= 0.3 is 0 Å². The molecular weight excluding hydrogens is 348 g/mol. The Hall–Kier alpha value is -2.68. The van der Waals surface area contributed by atoms with Crippen LogP contribution in [0.15, 0.2) is 17.1 Å². The van der Waals surface area contributed by atoms with Gasteiger partial charge < -0.3 is 10.2 Å². The lowest BCUT2D eigenvalue weighted by atomic mass is 10.1. The van der Waals surface area contributed by atoms with E-state index in [1.165, 1.54) is 10.7 Å². The van der Waals surface area contributed by atoms with E-state index in [0.717, 1.165) is 5.69 Å². The van der Waals surface area contributed by atoms with Gasteiger partial charge in [0.25, 0.3) is 11.5 Å². The van der Waals surface area contributed by atoms with E-state index in [-0.39, 0.29) is 23.6 Å². The fourth-order valence-corrected chi connectivity index (χ4v) is 3.64. The number of hydrogen-bond donors (Lipinski definition) is 2. The Balaban J connectivity index is 1.73. The summed E-state index contributed by atoms with van der Waals surface area (Å²) in [5.41, 5.74) is 0.801. The number of rotatable bonds is 5. The number of aromatic amines is 1. The molecule has 0 spiro atoms. The van der Waals surface area contributed by atoms with E-state index >= 15 is 0 Å². The maximum atomic E-state index is 12.6. The van der Waals surface area contributed by atoms with Crippen LogP contribution >= 0.6 is 0 Å². The molecule has 2 aromatic heterocycles. The van der Waals surface area contributed by atoms with Gasteiger partial charge in [0, 0.05) is 43.6 Å². The van der Waals surface area contributed by atoms with Gasteiger partial charge in [0.1, 0.15) is 5.56 Å². The summed E-state index contributed by atoms with van der Waals surface area (Å²) in [5.74, 6) is -0.396. The largest absolute Gasteiger partial charge is 0.348 e. The van der Waals surface area contributed by atoms with Gasteiger partial charge in [0.15, 0.2) is 5.65 Å². The highest BCUT2D eigenvalue weighted by atomic mass is 16.2. The van der Waals surface area contributed by atoms with Crippen LogP contribution in [0.25, 0.3) is 5.65 Å². The van der Waals surface area contributed by atoms with Crippen molar-refractivity contribution in [2.24, 2.45) is 0 Å². The lowest BCUT2D eigenvalue weighted by Gasteiger charge is -2.26. The molecule has 3 rings (SSSR count). The highest BCUT2D eigenvalue weighted by Crippen LogP contribution is 2.18. The highest BCUT2D eigenvalue weighted by Gasteiger charge is 2.37. The Morgan fingerprint density at radius 2 is 2.07 bits per heavy atom. The molecule has 2 aromatic rings. The second kappa shape index (κ2) is 7.51. The van der Waals surface area contributed by atoms with E-state index in [0.29, 0.717) is 31.7 Å². The SMILES string of the molecule is CCN(CC)C(=O)[C@@H]1C[C@@H](NC(=O)c2cnc3cc(C)[nH]n3c2=O)CN1C. The summed E-state index contributed by atoms with van der Waals surface area (Å²) < 4.78 is 1.26. The van der Waals surface area contributed by atoms with Crippen molar-refractivity contribution in [3.8, 4) is 0 Å². The van der Waals surface area contributed by atoms with Gasteiger partial charge in [-0.2, -0.15) is 0 Å². The summed E-state index contributed by atoms with van der Waals surface area (Å²) in [4.78, 5) is 45.7. The third-order valence-corrected chi connectivity index (χ3v) is 5.11. The first kappa shape index (κ1) is 19.1. The van der Waals surface area contributed by atoms with Crippen molar-refractivity contribution in [1.82, 2.24) is 29.7 Å². The van der Waals surface area contributed by atoms with Gasteiger partial charge in [0.05, 0.1) is 6.04 Å². The van der Waals surface area contributed by atoms with Crippen LogP contribution in [0.2, 0.25) is 0 Å². The molecule has 1 fully saturated rings. The van der Waals surface area contributed by atoms with Crippen molar-refractivity contribution < 1.29 is 9.59 Å². The first-order chi connectivity index (χ1) is 12.8. The molecule has 0 bridgehead atoms. The number of carbonyl (C=O) groups is 2. The minimum absolute atomic E-state index is 0.0180. The van der Waals surface area contributed by atoms with Crippen LogP contribution in [-0.4, -0.2) is 75.0 Å². The number of likely N-dealkylation sites (N-methyl/N-ethyl adjacent to an activating group) is 2. The normalized spacial score (nSPS) is 20.1. The zero-order valence-electron chi connectivity index (χ0n) is 16.2. The van der Waals surface area contributed by atoms with E-state index in [1.54, 1.807) is 11.0 Å². The maximum Gasteiger partial charge on any atom is 0.285 e. The molecule has 0 saturated carbocycles. The van der Waals surface area contributed by atoms with Crippen LogP contribution in [0, 0.1) is 6.92 Å². The molecule has 2 atom stereocenters. The molecule has 2 amide bonds. The van der Waals surface area contributed by atoms with E-state index in [9.17, 15) is 14.4 Å². The smallest absolute Gasteiger partial charge is 0.285 e. The maximum absolute atomic E-state index is 12.6. The van der Waals surface area contributed by atoms with Crippen molar-refractivity contribution in [2.75, 3.05) is 26.7 Å². The van der Waals surface area contributed by atoms with Crippen LogP contribution < -0.4 is 10.9 Å². The van der Waals surface area contributed by atoms with Gasteiger partial charge in [-0.15, -0.1) is 0 Å². The molecule has 1 aliphatic heterocycles. The Morgan fingerprint density at radius 1 is 1.37 bits per heavy atom. The predicted octanol–water partition coefficient (Wildman–Crippen LogP) is 0.00192. The number of aromatic nitrogens is 3. The van der Waals surface area contributed by atoms with Gasteiger partial charge in [-0.25, -0.2) is 9.50 Å². The summed E-state index contributed by atoms with van der Waals surface area (Å²) in [5, 5.41) is 5.75.